The number of sulfonamides is 1. The van der Waals surface area contributed by atoms with Crippen LogP contribution in [0.25, 0.3) is 0 Å². The van der Waals surface area contributed by atoms with Gasteiger partial charge in [0.2, 0.25) is 21.8 Å². The van der Waals surface area contributed by atoms with Crippen molar-refractivity contribution in [1.82, 2.24) is 10.2 Å². The van der Waals surface area contributed by atoms with E-state index in [9.17, 15) is 18.0 Å². The molecule has 0 spiro atoms. The smallest absolute Gasteiger partial charge is 0.244 e. The molecule has 2 rings (SSSR count). The van der Waals surface area contributed by atoms with E-state index in [4.69, 9.17) is 23.2 Å². The number of para-hydroxylation sites is 1. The molecule has 0 bridgehead atoms. The topological polar surface area (TPSA) is 86.8 Å². The Kier molecular flexibility index (Phi) is 10.0. The molecular formula is C23H29Cl2N3O4S. The molecule has 33 heavy (non-hydrogen) atoms. The van der Waals surface area contributed by atoms with Crippen LogP contribution < -0.4 is 9.62 Å². The van der Waals surface area contributed by atoms with Crippen molar-refractivity contribution < 1.29 is 18.0 Å². The van der Waals surface area contributed by atoms with Crippen LogP contribution in [0.4, 0.5) is 5.69 Å². The second kappa shape index (κ2) is 12.3. The van der Waals surface area contributed by atoms with Crippen molar-refractivity contribution in [2.24, 2.45) is 0 Å². The summed E-state index contributed by atoms with van der Waals surface area (Å²) in [6.07, 6.45) is 2.10. The van der Waals surface area contributed by atoms with Crippen molar-refractivity contribution in [1.29, 1.82) is 0 Å². The SMILES string of the molecule is CCCNC(=O)[C@H](CC)N(Cc1ccccc1Cl)C(=O)CN(c1ccccc1Cl)S(C)(=O)=O. The van der Waals surface area contributed by atoms with Crippen LogP contribution in [0.1, 0.15) is 32.3 Å². The molecule has 10 heteroatoms. The van der Waals surface area contributed by atoms with Crippen LogP contribution in [0.15, 0.2) is 48.5 Å². The zero-order valence-electron chi connectivity index (χ0n) is 18.9. The first kappa shape index (κ1) is 27.0. The molecule has 7 nitrogen and oxygen atoms in total. The van der Waals surface area contributed by atoms with Gasteiger partial charge in [-0.05, 0) is 36.6 Å². The van der Waals surface area contributed by atoms with Crippen molar-refractivity contribution in [2.75, 3.05) is 23.7 Å². The molecule has 0 saturated carbocycles. The van der Waals surface area contributed by atoms with Gasteiger partial charge in [-0.1, -0.05) is 67.4 Å². The highest BCUT2D eigenvalue weighted by molar-refractivity contribution is 7.92. The maximum atomic E-state index is 13.5. The van der Waals surface area contributed by atoms with E-state index in [1.165, 1.54) is 11.0 Å². The summed E-state index contributed by atoms with van der Waals surface area (Å²) in [7, 11) is -3.84. The van der Waals surface area contributed by atoms with E-state index in [-0.39, 0.29) is 23.2 Å². The van der Waals surface area contributed by atoms with Crippen LogP contribution >= 0.6 is 23.2 Å². The maximum absolute atomic E-state index is 13.5. The molecule has 0 fully saturated rings. The van der Waals surface area contributed by atoms with Gasteiger partial charge in [-0.3, -0.25) is 13.9 Å². The fraction of sp³-hybridized carbons (Fsp3) is 0.391. The molecule has 1 N–H and O–H groups in total. The minimum Gasteiger partial charge on any atom is -0.354 e. The number of hydrogen-bond donors (Lipinski definition) is 1. The summed E-state index contributed by atoms with van der Waals surface area (Å²) in [5, 5.41) is 3.47. The minimum absolute atomic E-state index is 0.0523. The molecule has 2 aromatic rings. The van der Waals surface area contributed by atoms with Gasteiger partial charge in [0.05, 0.1) is 17.0 Å². The Bertz CT molecular complexity index is 1080. The fourth-order valence-corrected chi connectivity index (χ4v) is 4.69. The highest BCUT2D eigenvalue weighted by Crippen LogP contribution is 2.28. The average molecular weight is 514 g/mol. The molecular weight excluding hydrogens is 485 g/mol. The summed E-state index contributed by atoms with van der Waals surface area (Å²) in [5.41, 5.74) is 0.842. The third-order valence-electron chi connectivity index (χ3n) is 5.03. The second-order valence-corrected chi connectivity index (χ2v) is 10.3. The van der Waals surface area contributed by atoms with Crippen molar-refractivity contribution >= 4 is 50.7 Å². The first-order valence-corrected chi connectivity index (χ1v) is 13.2. The highest BCUT2D eigenvalue weighted by Gasteiger charge is 2.32. The van der Waals surface area contributed by atoms with E-state index in [2.05, 4.69) is 5.32 Å². The van der Waals surface area contributed by atoms with Crippen molar-refractivity contribution in [3.63, 3.8) is 0 Å². The van der Waals surface area contributed by atoms with Gasteiger partial charge in [-0.2, -0.15) is 0 Å². The van der Waals surface area contributed by atoms with Crippen molar-refractivity contribution in [2.45, 2.75) is 39.3 Å². The average Bonchev–Trinajstić information content (AvgIpc) is 2.76. The number of benzene rings is 2. The summed E-state index contributed by atoms with van der Waals surface area (Å²) in [5.74, 6) is -0.845. The number of halogens is 2. The summed E-state index contributed by atoms with van der Waals surface area (Å²) in [6, 6.07) is 12.6. The van der Waals surface area contributed by atoms with Crippen LogP contribution in [0.3, 0.4) is 0 Å². The number of hydrogen-bond acceptors (Lipinski definition) is 4. The summed E-state index contributed by atoms with van der Waals surface area (Å²) in [4.78, 5) is 27.8. The van der Waals surface area contributed by atoms with Crippen LogP contribution in [0.2, 0.25) is 10.0 Å². The lowest BCUT2D eigenvalue weighted by molar-refractivity contribution is -0.140. The quantitative estimate of drug-likeness (QED) is 0.490. The van der Waals surface area contributed by atoms with Gasteiger partial charge in [-0.15, -0.1) is 0 Å². The number of carbonyl (C=O) groups is 2. The third kappa shape index (κ3) is 7.35. The van der Waals surface area contributed by atoms with Gasteiger partial charge in [0.15, 0.2) is 0 Å². The van der Waals surface area contributed by atoms with Crippen LogP contribution in [-0.4, -0.2) is 50.5 Å². The maximum Gasteiger partial charge on any atom is 0.244 e. The van der Waals surface area contributed by atoms with E-state index >= 15 is 0 Å². The normalized spacial score (nSPS) is 12.2. The Morgan fingerprint density at radius 2 is 1.61 bits per heavy atom. The molecule has 0 aromatic heterocycles. The lowest BCUT2D eigenvalue weighted by atomic mass is 10.1. The predicted molar refractivity (Wildman–Crippen MR) is 133 cm³/mol. The molecule has 0 aliphatic carbocycles. The van der Waals surface area contributed by atoms with E-state index in [1.807, 2.05) is 6.92 Å². The summed E-state index contributed by atoms with van der Waals surface area (Å²) in [6.45, 7) is 3.74. The van der Waals surface area contributed by atoms with Crippen LogP contribution in [0.5, 0.6) is 0 Å². The van der Waals surface area contributed by atoms with Crippen molar-refractivity contribution in [3.05, 3.63) is 64.1 Å². The molecule has 1 atom stereocenters. The molecule has 0 radical (unpaired) electrons. The highest BCUT2D eigenvalue weighted by atomic mass is 35.5. The van der Waals surface area contributed by atoms with E-state index in [0.717, 1.165) is 17.0 Å². The second-order valence-electron chi connectivity index (χ2n) is 7.55. The molecule has 0 unspecified atom stereocenters. The molecule has 0 heterocycles. The summed E-state index contributed by atoms with van der Waals surface area (Å²) >= 11 is 12.5. The van der Waals surface area contributed by atoms with Gasteiger partial charge >= 0.3 is 0 Å². The molecule has 0 aliphatic heterocycles. The fourth-order valence-electron chi connectivity index (χ4n) is 3.34. The Labute approximate surface area is 205 Å². The van der Waals surface area contributed by atoms with E-state index in [1.54, 1.807) is 49.4 Å². The molecule has 2 amide bonds. The van der Waals surface area contributed by atoms with Crippen LogP contribution in [0, 0.1) is 0 Å². The Balaban J connectivity index is 2.45. The Hall–Kier alpha value is -2.29. The Morgan fingerprint density at radius 3 is 2.15 bits per heavy atom. The number of amides is 2. The molecule has 2 aromatic carbocycles. The van der Waals surface area contributed by atoms with Gasteiger partial charge in [0.25, 0.3) is 0 Å². The number of nitrogens with zero attached hydrogens (tertiary/aromatic N) is 2. The standard InChI is InChI=1S/C23H29Cl2N3O4S/c1-4-14-26-23(30)20(5-2)27(15-17-10-6-7-11-18(17)24)22(29)16-28(33(3,31)32)21-13-9-8-12-19(21)25/h6-13,20H,4-5,14-16H2,1-3H3,(H,26,30)/t20-/m0/s1. The monoisotopic (exact) mass is 513 g/mol. The van der Waals surface area contributed by atoms with E-state index in [0.29, 0.717) is 23.6 Å². The van der Waals surface area contributed by atoms with E-state index < -0.39 is 28.5 Å². The lowest BCUT2D eigenvalue weighted by Crippen LogP contribution is -2.52. The van der Waals surface area contributed by atoms with Crippen molar-refractivity contribution in [3.8, 4) is 0 Å². The van der Waals surface area contributed by atoms with Crippen LogP contribution in [-0.2, 0) is 26.2 Å². The molecule has 180 valence electrons. The molecule has 0 saturated heterocycles. The number of nitrogens with one attached hydrogen (secondary N) is 1. The van der Waals surface area contributed by atoms with Gasteiger partial charge in [0, 0.05) is 18.1 Å². The minimum atomic E-state index is -3.84. The lowest BCUT2D eigenvalue weighted by Gasteiger charge is -2.33. The summed E-state index contributed by atoms with van der Waals surface area (Å²) < 4.78 is 26.1. The van der Waals surface area contributed by atoms with Gasteiger partial charge in [0.1, 0.15) is 12.6 Å². The number of rotatable bonds is 11. The number of carbonyl (C=O) groups excluding carboxylic acids is 2. The number of anilines is 1. The predicted octanol–water partition coefficient (Wildman–Crippen LogP) is 4.09. The van der Waals surface area contributed by atoms with Gasteiger partial charge < -0.3 is 10.2 Å². The first-order valence-electron chi connectivity index (χ1n) is 10.6. The zero-order chi connectivity index (χ0) is 24.6. The molecule has 0 aliphatic rings. The third-order valence-corrected chi connectivity index (χ3v) is 6.85. The largest absolute Gasteiger partial charge is 0.354 e. The van der Waals surface area contributed by atoms with Gasteiger partial charge in [-0.25, -0.2) is 8.42 Å². The zero-order valence-corrected chi connectivity index (χ0v) is 21.3. The Morgan fingerprint density at radius 1 is 1.00 bits per heavy atom. The first-order chi connectivity index (χ1) is 15.6.